The van der Waals surface area contributed by atoms with Crippen molar-refractivity contribution in [3.8, 4) is 0 Å². The highest BCUT2D eigenvalue weighted by Crippen LogP contribution is 2.55. The Labute approximate surface area is 173 Å². The Morgan fingerprint density at radius 2 is 1.83 bits per heavy atom. The van der Waals surface area contributed by atoms with Crippen LogP contribution in [0.2, 0.25) is 0 Å². The van der Waals surface area contributed by atoms with Crippen LogP contribution in [-0.2, 0) is 10.3 Å². The molecule has 1 amide bonds. The van der Waals surface area contributed by atoms with Gasteiger partial charge in [-0.2, -0.15) is 5.10 Å². The lowest BCUT2D eigenvalue weighted by atomic mass is 9.64. The molecule has 1 aromatic heterocycles. The molecule has 2 fully saturated rings. The molecule has 0 radical (unpaired) electrons. The topological polar surface area (TPSA) is 50.6 Å². The maximum atomic E-state index is 13.4. The van der Waals surface area contributed by atoms with Crippen molar-refractivity contribution < 1.29 is 9.53 Å². The van der Waals surface area contributed by atoms with Crippen LogP contribution in [0, 0.1) is 5.41 Å². The van der Waals surface area contributed by atoms with Crippen LogP contribution >= 0.6 is 0 Å². The Kier molecular flexibility index (Phi) is 4.93. The van der Waals surface area contributed by atoms with Gasteiger partial charge in [0.1, 0.15) is 0 Å². The predicted molar refractivity (Wildman–Crippen MR) is 114 cm³/mol. The first kappa shape index (κ1) is 20.0. The number of rotatable bonds is 3. The van der Waals surface area contributed by atoms with Crippen molar-refractivity contribution in [1.82, 2.24) is 14.7 Å². The van der Waals surface area contributed by atoms with Crippen LogP contribution in [0.3, 0.4) is 0 Å². The SMILES string of the molecule is CN(C)c1ccc(C(=O)N2CC3(CCOCC3)C2c2cnn(C(C)(C)C)c2)cc1. The number of likely N-dealkylation sites (tertiary alicyclic amines) is 1. The summed E-state index contributed by atoms with van der Waals surface area (Å²) in [6, 6.07) is 7.93. The Bertz CT molecular complexity index is 873. The van der Waals surface area contributed by atoms with E-state index in [1.54, 1.807) is 0 Å². The van der Waals surface area contributed by atoms with Gasteiger partial charge in [0, 0.05) is 62.3 Å². The molecule has 6 heteroatoms. The quantitative estimate of drug-likeness (QED) is 0.794. The molecule has 1 spiro atoms. The number of anilines is 1. The molecule has 2 aromatic rings. The van der Waals surface area contributed by atoms with Gasteiger partial charge in [0.05, 0.1) is 17.8 Å². The summed E-state index contributed by atoms with van der Waals surface area (Å²) in [6.07, 6.45) is 6.04. The number of aromatic nitrogens is 2. The summed E-state index contributed by atoms with van der Waals surface area (Å²) in [6.45, 7) is 8.75. The molecule has 0 N–H and O–H groups in total. The van der Waals surface area contributed by atoms with Gasteiger partial charge < -0.3 is 14.5 Å². The number of hydrogen-bond donors (Lipinski definition) is 0. The van der Waals surface area contributed by atoms with Gasteiger partial charge >= 0.3 is 0 Å². The van der Waals surface area contributed by atoms with Crippen LogP contribution < -0.4 is 4.90 Å². The van der Waals surface area contributed by atoms with Gasteiger partial charge in [0.15, 0.2) is 0 Å². The van der Waals surface area contributed by atoms with Crippen molar-refractivity contribution in [3.05, 3.63) is 47.8 Å². The molecule has 3 heterocycles. The van der Waals surface area contributed by atoms with Crippen molar-refractivity contribution in [1.29, 1.82) is 0 Å². The number of amides is 1. The van der Waals surface area contributed by atoms with Gasteiger partial charge in [0.25, 0.3) is 5.91 Å². The normalized spacial score (nSPS) is 21.1. The minimum Gasteiger partial charge on any atom is -0.381 e. The van der Waals surface area contributed by atoms with Gasteiger partial charge in [-0.05, 0) is 57.9 Å². The first-order valence-corrected chi connectivity index (χ1v) is 10.4. The van der Waals surface area contributed by atoms with Crippen LogP contribution in [0.25, 0.3) is 0 Å². The van der Waals surface area contributed by atoms with E-state index >= 15 is 0 Å². The highest BCUT2D eigenvalue weighted by molar-refractivity contribution is 5.95. The van der Waals surface area contributed by atoms with Crippen LogP contribution in [0.15, 0.2) is 36.7 Å². The van der Waals surface area contributed by atoms with E-state index in [4.69, 9.17) is 4.74 Å². The minimum atomic E-state index is -0.0817. The van der Waals surface area contributed by atoms with Gasteiger partial charge in [-0.1, -0.05) is 0 Å². The number of carbonyl (C=O) groups excluding carboxylic acids is 1. The fraction of sp³-hybridized carbons (Fsp3) is 0.565. The van der Waals surface area contributed by atoms with Crippen LogP contribution in [-0.4, -0.2) is 54.4 Å². The molecular weight excluding hydrogens is 364 g/mol. The lowest BCUT2D eigenvalue weighted by molar-refractivity contribution is -0.115. The lowest BCUT2D eigenvalue weighted by Crippen LogP contribution is -2.62. The lowest BCUT2D eigenvalue weighted by Gasteiger charge is -2.59. The van der Waals surface area contributed by atoms with E-state index in [-0.39, 0.29) is 22.9 Å². The Balaban J connectivity index is 1.64. The number of hydrogen-bond acceptors (Lipinski definition) is 4. The highest BCUT2D eigenvalue weighted by atomic mass is 16.5. The smallest absolute Gasteiger partial charge is 0.254 e. The van der Waals surface area contributed by atoms with Gasteiger partial charge in [-0.15, -0.1) is 0 Å². The average molecular weight is 397 g/mol. The Morgan fingerprint density at radius 1 is 1.17 bits per heavy atom. The monoisotopic (exact) mass is 396 g/mol. The maximum Gasteiger partial charge on any atom is 0.254 e. The molecule has 1 aromatic carbocycles. The Morgan fingerprint density at radius 3 is 2.38 bits per heavy atom. The molecule has 2 aliphatic heterocycles. The summed E-state index contributed by atoms with van der Waals surface area (Å²) in [7, 11) is 4.01. The number of nitrogens with zero attached hydrogens (tertiary/aromatic N) is 4. The van der Waals surface area contributed by atoms with E-state index < -0.39 is 0 Å². The van der Waals surface area contributed by atoms with Crippen molar-refractivity contribution in [2.75, 3.05) is 38.8 Å². The second-order valence-corrected chi connectivity index (χ2v) is 9.64. The van der Waals surface area contributed by atoms with Crippen molar-refractivity contribution in [3.63, 3.8) is 0 Å². The van der Waals surface area contributed by atoms with Crippen LogP contribution in [0.1, 0.15) is 55.6 Å². The minimum absolute atomic E-state index is 0.0588. The van der Waals surface area contributed by atoms with Crippen molar-refractivity contribution in [2.45, 2.75) is 45.2 Å². The Hall–Kier alpha value is -2.34. The third kappa shape index (κ3) is 3.54. The van der Waals surface area contributed by atoms with Gasteiger partial charge in [0.2, 0.25) is 0 Å². The predicted octanol–water partition coefficient (Wildman–Crippen LogP) is 3.70. The molecule has 2 saturated heterocycles. The first-order chi connectivity index (χ1) is 13.7. The number of ether oxygens (including phenoxy) is 1. The average Bonchev–Trinajstić information content (AvgIpc) is 3.16. The summed E-state index contributed by atoms with van der Waals surface area (Å²) in [4.78, 5) is 17.4. The van der Waals surface area contributed by atoms with Crippen LogP contribution in [0.5, 0.6) is 0 Å². The van der Waals surface area contributed by atoms with Crippen LogP contribution in [0.4, 0.5) is 5.69 Å². The summed E-state index contributed by atoms with van der Waals surface area (Å²) in [5, 5.41) is 4.61. The molecule has 0 bridgehead atoms. The van der Waals surface area contributed by atoms with Crippen molar-refractivity contribution in [2.24, 2.45) is 5.41 Å². The highest BCUT2D eigenvalue weighted by Gasteiger charge is 2.55. The molecule has 1 atom stereocenters. The zero-order chi connectivity index (χ0) is 20.8. The van der Waals surface area contributed by atoms with E-state index in [9.17, 15) is 4.79 Å². The molecule has 156 valence electrons. The second-order valence-electron chi connectivity index (χ2n) is 9.64. The van der Waals surface area contributed by atoms with E-state index in [2.05, 4.69) is 32.1 Å². The van der Waals surface area contributed by atoms with Gasteiger partial charge in [-0.3, -0.25) is 9.48 Å². The molecule has 4 rings (SSSR count). The van der Waals surface area contributed by atoms with E-state index in [1.807, 2.05) is 59.0 Å². The summed E-state index contributed by atoms with van der Waals surface area (Å²) in [5.41, 5.74) is 2.98. The molecule has 1 unspecified atom stereocenters. The summed E-state index contributed by atoms with van der Waals surface area (Å²) in [5.74, 6) is 0.0981. The zero-order valence-corrected chi connectivity index (χ0v) is 18.2. The third-order valence-electron chi connectivity index (χ3n) is 6.36. The van der Waals surface area contributed by atoms with Crippen molar-refractivity contribution >= 4 is 11.6 Å². The summed E-state index contributed by atoms with van der Waals surface area (Å²) >= 11 is 0. The molecule has 0 saturated carbocycles. The zero-order valence-electron chi connectivity index (χ0n) is 18.2. The molecule has 29 heavy (non-hydrogen) atoms. The summed E-state index contributed by atoms with van der Waals surface area (Å²) < 4.78 is 7.63. The number of benzene rings is 1. The molecular formula is C23H32N4O2. The molecule has 2 aliphatic rings. The third-order valence-corrected chi connectivity index (χ3v) is 6.36. The molecule has 6 nitrogen and oxygen atoms in total. The first-order valence-electron chi connectivity index (χ1n) is 10.4. The number of carbonyl (C=O) groups is 1. The standard InChI is InChI=1S/C23H32N4O2/c1-22(2,3)27-15-18(14-24-27)20-23(10-12-29-13-11-23)16-26(20)21(28)17-6-8-19(9-7-17)25(4)5/h6-9,14-15,20H,10-13,16H2,1-5H3. The fourth-order valence-corrected chi connectivity index (χ4v) is 4.58. The van der Waals surface area contributed by atoms with E-state index in [0.29, 0.717) is 0 Å². The fourth-order valence-electron chi connectivity index (χ4n) is 4.58. The van der Waals surface area contributed by atoms with Gasteiger partial charge in [-0.25, -0.2) is 0 Å². The van der Waals surface area contributed by atoms with E-state index in [0.717, 1.165) is 49.4 Å². The van der Waals surface area contributed by atoms with E-state index in [1.165, 1.54) is 0 Å². The maximum absolute atomic E-state index is 13.4. The second kappa shape index (κ2) is 7.17. The largest absolute Gasteiger partial charge is 0.381 e. The molecule has 0 aliphatic carbocycles.